The second-order valence-electron chi connectivity index (χ2n) is 7.78. The van der Waals surface area contributed by atoms with Gasteiger partial charge < -0.3 is 24.8 Å². The summed E-state index contributed by atoms with van der Waals surface area (Å²) in [4.78, 5) is 16.1. The molecule has 0 spiro atoms. The molecule has 0 radical (unpaired) electrons. The summed E-state index contributed by atoms with van der Waals surface area (Å²) in [6.45, 7) is 11.8. The van der Waals surface area contributed by atoms with Crippen molar-refractivity contribution in [2.75, 3.05) is 58.3 Å². The second kappa shape index (κ2) is 11.6. The average molecular weight is 425 g/mol. The standard InChI is InChI=1S/C24H36N6O/c1-5-29-13-15-30(16-14-29)23-12-9-21(17-26-23)18-27-24(25-3)28(4)19-20-7-10-22(11-8-20)31-6-2/h7-12,17H,5-6,13-16,18-19H2,1-4H3,(H,25,27). The fraction of sp³-hybridized carbons (Fsp3) is 0.500. The number of guanidine groups is 1. The molecule has 0 unspecified atom stereocenters. The molecule has 1 fully saturated rings. The maximum atomic E-state index is 5.52. The van der Waals surface area contributed by atoms with E-state index in [1.165, 1.54) is 5.56 Å². The predicted molar refractivity (Wildman–Crippen MR) is 128 cm³/mol. The highest BCUT2D eigenvalue weighted by molar-refractivity contribution is 5.79. The number of rotatable bonds is 8. The van der Waals surface area contributed by atoms with Gasteiger partial charge in [-0.2, -0.15) is 0 Å². The van der Waals surface area contributed by atoms with Crippen molar-refractivity contribution >= 4 is 11.8 Å². The van der Waals surface area contributed by atoms with Crippen molar-refractivity contribution in [1.29, 1.82) is 0 Å². The lowest BCUT2D eigenvalue weighted by atomic mass is 10.2. The Bertz CT molecular complexity index is 813. The molecular weight excluding hydrogens is 388 g/mol. The van der Waals surface area contributed by atoms with Crippen LogP contribution in [0.25, 0.3) is 0 Å². The van der Waals surface area contributed by atoms with Crippen LogP contribution in [0.5, 0.6) is 5.75 Å². The molecule has 0 saturated carbocycles. The number of likely N-dealkylation sites (N-methyl/N-ethyl adjacent to an activating group) is 1. The minimum atomic E-state index is 0.682. The zero-order valence-corrected chi connectivity index (χ0v) is 19.3. The van der Waals surface area contributed by atoms with Crippen LogP contribution in [-0.4, -0.2) is 74.2 Å². The third kappa shape index (κ3) is 6.59. The lowest BCUT2D eigenvalue weighted by Crippen LogP contribution is -2.46. The van der Waals surface area contributed by atoms with Crippen molar-refractivity contribution in [1.82, 2.24) is 20.1 Å². The Balaban J connectivity index is 1.49. The third-order valence-corrected chi connectivity index (χ3v) is 5.63. The van der Waals surface area contributed by atoms with Crippen molar-refractivity contribution < 1.29 is 4.74 Å². The molecule has 7 nitrogen and oxygen atoms in total. The van der Waals surface area contributed by atoms with E-state index in [9.17, 15) is 0 Å². The summed E-state index contributed by atoms with van der Waals surface area (Å²) in [7, 11) is 3.86. The molecule has 168 valence electrons. The highest BCUT2D eigenvalue weighted by Crippen LogP contribution is 2.15. The monoisotopic (exact) mass is 424 g/mol. The molecule has 1 N–H and O–H groups in total. The fourth-order valence-electron chi connectivity index (χ4n) is 3.77. The van der Waals surface area contributed by atoms with Crippen LogP contribution in [0, 0.1) is 0 Å². The number of anilines is 1. The smallest absolute Gasteiger partial charge is 0.193 e. The van der Waals surface area contributed by atoms with Crippen molar-refractivity contribution in [3.05, 3.63) is 53.7 Å². The normalized spacial score (nSPS) is 15.1. The van der Waals surface area contributed by atoms with Crippen molar-refractivity contribution in [2.24, 2.45) is 4.99 Å². The number of piperazine rings is 1. The van der Waals surface area contributed by atoms with Gasteiger partial charge in [0.25, 0.3) is 0 Å². The number of hydrogen-bond acceptors (Lipinski definition) is 5. The molecule has 0 bridgehead atoms. The Morgan fingerprint density at radius 3 is 2.35 bits per heavy atom. The van der Waals surface area contributed by atoms with Gasteiger partial charge in [0.15, 0.2) is 5.96 Å². The fourth-order valence-corrected chi connectivity index (χ4v) is 3.77. The largest absolute Gasteiger partial charge is 0.494 e. The van der Waals surface area contributed by atoms with Gasteiger partial charge in [-0.05, 0) is 42.8 Å². The van der Waals surface area contributed by atoms with Crippen LogP contribution in [0.1, 0.15) is 25.0 Å². The van der Waals surface area contributed by atoms with E-state index in [1.807, 2.05) is 39.3 Å². The van der Waals surface area contributed by atoms with Gasteiger partial charge in [-0.3, -0.25) is 4.99 Å². The van der Waals surface area contributed by atoms with Crippen molar-refractivity contribution in [2.45, 2.75) is 26.9 Å². The number of nitrogens with one attached hydrogen (secondary N) is 1. The Hall–Kier alpha value is -2.80. The zero-order chi connectivity index (χ0) is 22.1. The Labute approximate surface area is 186 Å². The topological polar surface area (TPSA) is 56.2 Å². The van der Waals surface area contributed by atoms with Crippen molar-refractivity contribution in [3.8, 4) is 5.75 Å². The Morgan fingerprint density at radius 2 is 1.77 bits per heavy atom. The van der Waals surface area contributed by atoms with E-state index in [0.29, 0.717) is 13.2 Å². The minimum absolute atomic E-state index is 0.682. The summed E-state index contributed by atoms with van der Waals surface area (Å²) in [6.07, 6.45) is 1.97. The minimum Gasteiger partial charge on any atom is -0.494 e. The third-order valence-electron chi connectivity index (χ3n) is 5.63. The van der Waals surface area contributed by atoms with E-state index < -0.39 is 0 Å². The number of aromatic nitrogens is 1. The van der Waals surface area contributed by atoms with E-state index in [1.54, 1.807) is 0 Å². The first kappa shape index (κ1) is 22.9. The Morgan fingerprint density at radius 1 is 1.06 bits per heavy atom. The molecule has 1 aliphatic heterocycles. The molecule has 0 amide bonds. The number of aliphatic imine (C=N–C) groups is 1. The van der Waals surface area contributed by atoms with Gasteiger partial charge in [0, 0.05) is 59.6 Å². The number of benzene rings is 1. The highest BCUT2D eigenvalue weighted by atomic mass is 16.5. The van der Waals surface area contributed by atoms with Gasteiger partial charge in [0.1, 0.15) is 11.6 Å². The molecule has 7 heteroatoms. The molecule has 1 aliphatic rings. The Kier molecular flexibility index (Phi) is 8.53. The number of ether oxygens (including phenoxy) is 1. The first-order chi connectivity index (χ1) is 15.1. The van der Waals surface area contributed by atoms with Gasteiger partial charge in [-0.25, -0.2) is 4.98 Å². The van der Waals surface area contributed by atoms with E-state index in [0.717, 1.165) is 62.4 Å². The van der Waals surface area contributed by atoms with Crippen LogP contribution in [0.15, 0.2) is 47.6 Å². The molecule has 1 aromatic heterocycles. The highest BCUT2D eigenvalue weighted by Gasteiger charge is 2.16. The van der Waals surface area contributed by atoms with Gasteiger partial charge >= 0.3 is 0 Å². The van der Waals surface area contributed by atoms with Crippen LogP contribution in [0.3, 0.4) is 0 Å². The summed E-state index contributed by atoms with van der Waals surface area (Å²) >= 11 is 0. The molecule has 3 rings (SSSR count). The maximum absolute atomic E-state index is 5.52. The van der Waals surface area contributed by atoms with Gasteiger partial charge in [-0.15, -0.1) is 0 Å². The quantitative estimate of drug-likeness (QED) is 0.520. The molecule has 0 aliphatic carbocycles. The lowest BCUT2D eigenvalue weighted by molar-refractivity contribution is 0.270. The van der Waals surface area contributed by atoms with Crippen LogP contribution < -0.4 is 15.0 Å². The summed E-state index contributed by atoms with van der Waals surface area (Å²) in [6, 6.07) is 12.5. The average Bonchev–Trinajstić information content (AvgIpc) is 2.81. The molecular formula is C24H36N6O. The van der Waals surface area contributed by atoms with E-state index >= 15 is 0 Å². The molecule has 2 heterocycles. The second-order valence-corrected chi connectivity index (χ2v) is 7.78. The van der Waals surface area contributed by atoms with Gasteiger partial charge in [-0.1, -0.05) is 25.1 Å². The van der Waals surface area contributed by atoms with Gasteiger partial charge in [0.2, 0.25) is 0 Å². The van der Waals surface area contributed by atoms with Crippen molar-refractivity contribution in [3.63, 3.8) is 0 Å². The van der Waals surface area contributed by atoms with Crippen LogP contribution in [-0.2, 0) is 13.1 Å². The van der Waals surface area contributed by atoms with E-state index in [-0.39, 0.29) is 0 Å². The molecule has 1 saturated heterocycles. The summed E-state index contributed by atoms with van der Waals surface area (Å²) in [5.41, 5.74) is 2.36. The summed E-state index contributed by atoms with van der Waals surface area (Å²) in [5.74, 6) is 2.82. The zero-order valence-electron chi connectivity index (χ0n) is 19.3. The van der Waals surface area contributed by atoms with Crippen LogP contribution in [0.4, 0.5) is 5.82 Å². The first-order valence-electron chi connectivity index (χ1n) is 11.2. The van der Waals surface area contributed by atoms with E-state index in [2.05, 4.69) is 56.2 Å². The first-order valence-corrected chi connectivity index (χ1v) is 11.2. The molecule has 2 aromatic rings. The van der Waals surface area contributed by atoms with E-state index in [4.69, 9.17) is 9.72 Å². The number of pyridine rings is 1. The maximum Gasteiger partial charge on any atom is 0.193 e. The van der Waals surface area contributed by atoms with Crippen LogP contribution >= 0.6 is 0 Å². The molecule has 1 aromatic carbocycles. The van der Waals surface area contributed by atoms with Gasteiger partial charge in [0.05, 0.1) is 6.61 Å². The lowest BCUT2D eigenvalue weighted by Gasteiger charge is -2.34. The molecule has 0 atom stereocenters. The molecule has 31 heavy (non-hydrogen) atoms. The summed E-state index contributed by atoms with van der Waals surface area (Å²) in [5, 5.41) is 3.44. The number of nitrogens with zero attached hydrogens (tertiary/aromatic N) is 5. The van der Waals surface area contributed by atoms with Crippen LogP contribution in [0.2, 0.25) is 0 Å². The predicted octanol–water partition coefficient (Wildman–Crippen LogP) is 2.83. The number of hydrogen-bond donors (Lipinski definition) is 1. The SMILES string of the molecule is CCOc1ccc(CN(C)C(=NC)NCc2ccc(N3CCN(CC)CC3)nc2)cc1. The summed E-state index contributed by atoms with van der Waals surface area (Å²) < 4.78 is 5.52.